The van der Waals surface area contributed by atoms with Gasteiger partial charge < -0.3 is 39.7 Å². The maximum absolute atomic E-state index is 14.2. The van der Waals surface area contributed by atoms with E-state index < -0.39 is 23.5 Å². The molecule has 7 heterocycles. The van der Waals surface area contributed by atoms with Gasteiger partial charge in [0, 0.05) is 74.9 Å². The van der Waals surface area contributed by atoms with Crippen LogP contribution in [-0.4, -0.2) is 110 Å². The molecule has 9 rings (SSSR count). The number of thiophene rings is 1. The van der Waals surface area contributed by atoms with Gasteiger partial charge in [0.05, 0.1) is 38.9 Å². The number of anilines is 2. The lowest BCUT2D eigenvalue weighted by atomic mass is 9.71. The van der Waals surface area contributed by atoms with Gasteiger partial charge in [-0.15, -0.1) is 22.7 Å². The number of benzene rings is 1. The van der Waals surface area contributed by atoms with Crippen molar-refractivity contribution in [3.8, 4) is 33.8 Å². The van der Waals surface area contributed by atoms with Crippen LogP contribution < -0.4 is 20.7 Å². The van der Waals surface area contributed by atoms with Gasteiger partial charge in [0.15, 0.2) is 5.76 Å². The zero-order valence-corrected chi connectivity index (χ0v) is 40.6. The standard InChI is InChI=1S/C49H57N11O6S2/c1-28(2)42(47(63)60-26-33(61)20-37(60)46(62)53-24-31-9-11-32(12-10-31)44-30(4)54-27-67-44)38-22-41(57-65-38)64-19-18-58-16-7-17-59(29(3)25-58)48-52-15-13-35(55-48)36-21-40(66-56-36)49(5)14-6-8-39-43(49)34(23-50)45(51)68-39/h9-13,15,21-22,27-29,33,37,42,61H,6-8,14,16-20,24-26,51H2,1-5H3,(H,53,62)/t29-,33+,37-,42?,49+/m0/s1. The number of nitrogens with zero attached hydrogens (tertiary/aromatic N) is 9. The molecule has 19 heteroatoms. The van der Waals surface area contributed by atoms with Gasteiger partial charge in [0.1, 0.15) is 41.1 Å². The molecule has 2 aliphatic heterocycles. The van der Waals surface area contributed by atoms with Crippen LogP contribution in [0.5, 0.6) is 5.88 Å². The molecule has 4 N–H and O–H groups in total. The number of nitrogen functional groups attached to an aromatic ring is 1. The number of fused-ring (bicyclic) bond motifs is 1. The average molecular weight is 960 g/mol. The van der Waals surface area contributed by atoms with E-state index in [1.807, 2.05) is 62.7 Å². The minimum Gasteiger partial charge on any atom is -0.474 e. The molecule has 17 nitrogen and oxygen atoms in total. The van der Waals surface area contributed by atoms with Crippen molar-refractivity contribution in [1.82, 2.24) is 40.4 Å². The molecule has 68 heavy (non-hydrogen) atoms. The van der Waals surface area contributed by atoms with Crippen LogP contribution in [0.1, 0.15) is 98.1 Å². The molecule has 0 radical (unpaired) electrons. The monoisotopic (exact) mass is 959 g/mol. The summed E-state index contributed by atoms with van der Waals surface area (Å²) in [5.41, 5.74) is 13.3. The van der Waals surface area contributed by atoms with Crippen LogP contribution >= 0.6 is 22.7 Å². The number of hydrogen-bond donors (Lipinski definition) is 3. The summed E-state index contributed by atoms with van der Waals surface area (Å²) >= 11 is 3.08. The number of aliphatic hydroxyl groups excluding tert-OH is 1. The number of carbonyl (C=O) groups excluding carboxylic acids is 2. The smallest absolute Gasteiger partial charge is 0.254 e. The first kappa shape index (κ1) is 46.9. The van der Waals surface area contributed by atoms with Crippen molar-refractivity contribution in [2.24, 2.45) is 5.92 Å². The molecular formula is C49H57N11O6S2. The van der Waals surface area contributed by atoms with Gasteiger partial charge in [-0.2, -0.15) is 5.26 Å². The minimum atomic E-state index is -0.828. The molecule has 1 aromatic carbocycles. The van der Waals surface area contributed by atoms with Gasteiger partial charge >= 0.3 is 0 Å². The van der Waals surface area contributed by atoms with Crippen molar-refractivity contribution in [1.29, 1.82) is 5.26 Å². The number of aromatic nitrogens is 5. The van der Waals surface area contributed by atoms with Gasteiger partial charge in [0.25, 0.3) is 5.88 Å². The summed E-state index contributed by atoms with van der Waals surface area (Å²) in [5.74, 6) is 0.374. The maximum atomic E-state index is 14.2. The highest BCUT2D eigenvalue weighted by atomic mass is 32.1. The minimum absolute atomic E-state index is 0.0465. The first-order valence-corrected chi connectivity index (χ1v) is 25.0. The summed E-state index contributed by atoms with van der Waals surface area (Å²) < 4.78 is 17.8. The average Bonchev–Trinajstić information content (AvgIpc) is 4.18. The third kappa shape index (κ3) is 9.46. The van der Waals surface area contributed by atoms with E-state index in [1.54, 1.807) is 23.6 Å². The first-order valence-electron chi connectivity index (χ1n) is 23.3. The first-order chi connectivity index (χ1) is 32.8. The number of nitrogens with one attached hydrogen (secondary N) is 1. The molecule has 5 aromatic heterocycles. The molecular weight excluding hydrogens is 903 g/mol. The van der Waals surface area contributed by atoms with Gasteiger partial charge in [-0.05, 0) is 80.3 Å². The highest BCUT2D eigenvalue weighted by Gasteiger charge is 2.44. The number of nitrogens with two attached hydrogens (primary N) is 1. The van der Waals surface area contributed by atoms with Crippen molar-refractivity contribution >= 4 is 45.4 Å². The van der Waals surface area contributed by atoms with E-state index in [9.17, 15) is 20.0 Å². The number of nitriles is 1. The fourth-order valence-corrected chi connectivity index (χ4v) is 12.0. The Kier molecular flexibility index (Phi) is 13.7. The number of carbonyl (C=O) groups is 2. The van der Waals surface area contributed by atoms with E-state index in [0.29, 0.717) is 52.6 Å². The normalized spacial score (nSPS) is 21.4. The highest BCUT2D eigenvalue weighted by Crippen LogP contribution is 2.49. The van der Waals surface area contributed by atoms with E-state index >= 15 is 0 Å². The predicted octanol–water partition coefficient (Wildman–Crippen LogP) is 6.71. The fourth-order valence-electron chi connectivity index (χ4n) is 10.0. The van der Waals surface area contributed by atoms with E-state index in [1.165, 1.54) is 16.2 Å². The number of amides is 2. The zero-order valence-electron chi connectivity index (χ0n) is 39.0. The van der Waals surface area contributed by atoms with Crippen molar-refractivity contribution in [2.45, 2.75) is 103 Å². The number of ether oxygens (including phenoxy) is 1. The molecule has 0 spiro atoms. The van der Waals surface area contributed by atoms with Crippen molar-refractivity contribution < 1.29 is 28.5 Å². The number of aryl methyl sites for hydroxylation is 2. The molecule has 0 bridgehead atoms. The lowest BCUT2D eigenvalue weighted by molar-refractivity contribution is -0.141. The second-order valence-electron chi connectivity index (χ2n) is 18.7. The lowest BCUT2D eigenvalue weighted by Crippen LogP contribution is -2.48. The van der Waals surface area contributed by atoms with Gasteiger partial charge in [-0.3, -0.25) is 14.5 Å². The van der Waals surface area contributed by atoms with Crippen LogP contribution in [0.25, 0.3) is 21.8 Å². The number of rotatable bonds is 14. The quantitative estimate of drug-likeness (QED) is 0.103. The topological polar surface area (TPSA) is 226 Å². The molecule has 1 aliphatic carbocycles. The summed E-state index contributed by atoms with van der Waals surface area (Å²) in [6.07, 6.45) is 4.63. The predicted molar refractivity (Wildman–Crippen MR) is 258 cm³/mol. The van der Waals surface area contributed by atoms with E-state index in [-0.39, 0.29) is 49.2 Å². The van der Waals surface area contributed by atoms with Crippen LogP contribution in [0.4, 0.5) is 10.9 Å². The molecule has 2 saturated heterocycles. The molecule has 3 aliphatic rings. The summed E-state index contributed by atoms with van der Waals surface area (Å²) in [6.45, 7) is 13.8. The van der Waals surface area contributed by atoms with Crippen LogP contribution in [0.2, 0.25) is 0 Å². The second-order valence-corrected chi connectivity index (χ2v) is 20.7. The Morgan fingerprint density at radius 1 is 1.09 bits per heavy atom. The molecule has 5 atom stereocenters. The van der Waals surface area contributed by atoms with Gasteiger partial charge in [-0.25, -0.2) is 15.0 Å². The van der Waals surface area contributed by atoms with E-state index in [4.69, 9.17) is 24.5 Å². The largest absolute Gasteiger partial charge is 0.474 e. The number of likely N-dealkylation sites (tertiary alicyclic amines) is 1. The third-order valence-corrected chi connectivity index (χ3v) is 15.6. The highest BCUT2D eigenvalue weighted by molar-refractivity contribution is 7.16. The van der Waals surface area contributed by atoms with E-state index in [0.717, 1.165) is 77.5 Å². The molecule has 6 aromatic rings. The van der Waals surface area contributed by atoms with Crippen LogP contribution in [0, 0.1) is 24.2 Å². The Labute approximate surface area is 403 Å². The lowest BCUT2D eigenvalue weighted by Gasteiger charge is -2.31. The Hall–Kier alpha value is -6.20. The van der Waals surface area contributed by atoms with Crippen LogP contribution in [0.15, 0.2) is 63.2 Å². The molecule has 2 fully saturated rings. The van der Waals surface area contributed by atoms with Crippen LogP contribution in [-0.2, 0) is 28.0 Å². The number of β-amino-alcohol motifs (C(OH)–C–C–N with tert-alkyl or cyclic N) is 1. The summed E-state index contributed by atoms with van der Waals surface area (Å²) in [6, 6.07) is 15.0. The van der Waals surface area contributed by atoms with Crippen LogP contribution in [0.3, 0.4) is 0 Å². The summed E-state index contributed by atoms with van der Waals surface area (Å²) in [4.78, 5) is 50.0. The maximum Gasteiger partial charge on any atom is 0.254 e. The summed E-state index contributed by atoms with van der Waals surface area (Å²) in [7, 11) is 0. The fraction of sp³-hybridized carbons (Fsp3) is 0.469. The number of aliphatic hydroxyl groups is 1. The zero-order chi connectivity index (χ0) is 47.7. The second kappa shape index (κ2) is 19.8. The summed E-state index contributed by atoms with van der Waals surface area (Å²) in [5, 5.41) is 32.8. The third-order valence-electron chi connectivity index (χ3n) is 13.6. The van der Waals surface area contributed by atoms with Gasteiger partial charge in [-0.1, -0.05) is 43.3 Å². The SMILES string of the molecule is Cc1ncsc1-c1ccc(CNC(=O)[C@@H]2C[C@@H](O)CN2C(=O)C(c2cc(OCCN3CCCN(c4nccc(-c5cc([C@@]6(C)CCCc7sc(N)c(C#N)c76)on5)n4)[C@@H](C)C3)no2)C(C)C)cc1. The van der Waals surface area contributed by atoms with Crippen molar-refractivity contribution in [3.63, 3.8) is 0 Å². The van der Waals surface area contributed by atoms with Gasteiger partial charge in [0.2, 0.25) is 17.8 Å². The Balaban J connectivity index is 0.784. The number of thiazole rings is 1. The molecule has 2 amide bonds. The van der Waals surface area contributed by atoms with Crippen molar-refractivity contribution in [2.75, 3.05) is 50.0 Å². The Bertz CT molecular complexity index is 2800. The molecule has 0 saturated carbocycles. The molecule has 1 unspecified atom stereocenters. The Morgan fingerprint density at radius 3 is 2.68 bits per heavy atom. The molecule has 356 valence electrons. The van der Waals surface area contributed by atoms with Crippen molar-refractivity contribution in [3.05, 3.63) is 93.0 Å². The number of hydrogen-bond acceptors (Lipinski definition) is 17. The van der Waals surface area contributed by atoms with E-state index in [2.05, 4.69) is 55.3 Å². The Morgan fingerprint density at radius 2 is 1.91 bits per heavy atom.